The van der Waals surface area contributed by atoms with Crippen molar-refractivity contribution in [1.29, 1.82) is 0 Å². The predicted molar refractivity (Wildman–Crippen MR) is 75.0 cm³/mol. The fraction of sp³-hybridized carbons (Fsp3) is 0.643. The zero-order chi connectivity index (χ0) is 13.7. The molecule has 1 amide bonds. The fourth-order valence-electron chi connectivity index (χ4n) is 2.28. The molecular formula is C14H22N4O. The zero-order valence-corrected chi connectivity index (χ0v) is 11.8. The van der Waals surface area contributed by atoms with Crippen molar-refractivity contribution in [2.45, 2.75) is 46.1 Å². The fourth-order valence-corrected chi connectivity index (χ4v) is 2.28. The van der Waals surface area contributed by atoms with E-state index in [1.807, 2.05) is 19.9 Å². The number of rotatable bonds is 4. The van der Waals surface area contributed by atoms with E-state index in [-0.39, 0.29) is 5.91 Å². The Kier molecular flexibility index (Phi) is 4.71. The van der Waals surface area contributed by atoms with Gasteiger partial charge >= 0.3 is 0 Å². The number of amides is 1. The highest BCUT2D eigenvalue weighted by molar-refractivity contribution is 5.75. The molecule has 0 unspecified atom stereocenters. The highest BCUT2D eigenvalue weighted by Crippen LogP contribution is 2.18. The molecule has 1 aromatic rings. The van der Waals surface area contributed by atoms with Gasteiger partial charge in [-0.15, -0.1) is 0 Å². The van der Waals surface area contributed by atoms with Crippen LogP contribution in [-0.2, 0) is 11.3 Å². The first kappa shape index (κ1) is 13.8. The Hall–Kier alpha value is -1.65. The van der Waals surface area contributed by atoms with Gasteiger partial charge in [-0.1, -0.05) is 6.92 Å². The third kappa shape index (κ3) is 3.91. The van der Waals surface area contributed by atoms with Crippen molar-refractivity contribution in [3.8, 4) is 0 Å². The average Bonchev–Trinajstić information content (AvgIpc) is 2.45. The van der Waals surface area contributed by atoms with Crippen LogP contribution in [0.1, 0.15) is 44.1 Å². The molecule has 0 aromatic carbocycles. The number of nitrogens with zero attached hydrogens (tertiary/aromatic N) is 3. The van der Waals surface area contributed by atoms with Gasteiger partial charge in [0.1, 0.15) is 11.6 Å². The largest absolute Gasteiger partial charge is 0.357 e. The van der Waals surface area contributed by atoms with Gasteiger partial charge in [0.2, 0.25) is 5.91 Å². The Morgan fingerprint density at radius 2 is 2.05 bits per heavy atom. The van der Waals surface area contributed by atoms with E-state index in [0.717, 1.165) is 24.6 Å². The molecule has 19 heavy (non-hydrogen) atoms. The van der Waals surface area contributed by atoms with Crippen LogP contribution in [0.2, 0.25) is 0 Å². The van der Waals surface area contributed by atoms with Crippen molar-refractivity contribution in [1.82, 2.24) is 15.3 Å². The number of carbonyl (C=O) groups excluding carboxylic acids is 1. The standard InChI is InChI=1S/C14H22N4O/c1-3-14(19)15-10-12-16-11(2)9-13(17-12)18-7-5-4-6-8-18/h9H,3-8,10H2,1-2H3,(H,15,19). The number of anilines is 1. The molecular weight excluding hydrogens is 240 g/mol. The van der Waals surface area contributed by atoms with Crippen molar-refractivity contribution < 1.29 is 4.79 Å². The number of carbonyl (C=O) groups is 1. The van der Waals surface area contributed by atoms with Gasteiger partial charge in [0, 0.05) is 31.3 Å². The van der Waals surface area contributed by atoms with Gasteiger partial charge in [0.15, 0.2) is 0 Å². The minimum absolute atomic E-state index is 0.0321. The van der Waals surface area contributed by atoms with Crippen LogP contribution >= 0.6 is 0 Å². The molecule has 1 N–H and O–H groups in total. The number of nitrogens with one attached hydrogen (secondary N) is 1. The smallest absolute Gasteiger partial charge is 0.220 e. The minimum Gasteiger partial charge on any atom is -0.357 e. The lowest BCUT2D eigenvalue weighted by Crippen LogP contribution is -2.31. The van der Waals surface area contributed by atoms with Gasteiger partial charge in [-0.05, 0) is 26.2 Å². The topological polar surface area (TPSA) is 58.1 Å². The number of hydrogen-bond acceptors (Lipinski definition) is 4. The number of aromatic nitrogens is 2. The molecule has 1 aromatic heterocycles. The maximum atomic E-state index is 11.3. The third-order valence-corrected chi connectivity index (χ3v) is 3.33. The molecule has 0 atom stereocenters. The Balaban J connectivity index is 2.07. The molecule has 1 aliphatic heterocycles. The van der Waals surface area contributed by atoms with Crippen LogP contribution in [0.25, 0.3) is 0 Å². The van der Waals surface area contributed by atoms with Gasteiger partial charge in [0.25, 0.3) is 0 Å². The molecule has 1 aliphatic rings. The van der Waals surface area contributed by atoms with Gasteiger partial charge in [-0.25, -0.2) is 9.97 Å². The third-order valence-electron chi connectivity index (χ3n) is 3.33. The normalized spacial score (nSPS) is 15.4. The van der Waals surface area contributed by atoms with Crippen LogP contribution in [0, 0.1) is 6.92 Å². The van der Waals surface area contributed by atoms with Crippen molar-refractivity contribution in [3.05, 3.63) is 17.6 Å². The van der Waals surface area contributed by atoms with E-state index in [2.05, 4.69) is 20.2 Å². The molecule has 104 valence electrons. The molecule has 0 spiro atoms. The highest BCUT2D eigenvalue weighted by atomic mass is 16.1. The van der Waals surface area contributed by atoms with E-state index in [4.69, 9.17) is 0 Å². The summed E-state index contributed by atoms with van der Waals surface area (Å²) in [5, 5.41) is 2.82. The summed E-state index contributed by atoms with van der Waals surface area (Å²) in [7, 11) is 0. The van der Waals surface area contributed by atoms with Gasteiger partial charge < -0.3 is 10.2 Å². The van der Waals surface area contributed by atoms with Crippen molar-refractivity contribution in [3.63, 3.8) is 0 Å². The second-order valence-corrected chi connectivity index (χ2v) is 4.96. The average molecular weight is 262 g/mol. The van der Waals surface area contributed by atoms with E-state index < -0.39 is 0 Å². The number of aryl methyl sites for hydroxylation is 1. The summed E-state index contributed by atoms with van der Waals surface area (Å²) >= 11 is 0. The summed E-state index contributed by atoms with van der Waals surface area (Å²) in [5.74, 6) is 1.72. The lowest BCUT2D eigenvalue weighted by molar-refractivity contribution is -0.120. The first-order valence-electron chi connectivity index (χ1n) is 7.05. The first-order valence-corrected chi connectivity index (χ1v) is 7.05. The van der Waals surface area contributed by atoms with Crippen LogP contribution < -0.4 is 10.2 Å². The molecule has 5 nitrogen and oxygen atoms in total. The molecule has 0 radical (unpaired) electrons. The lowest BCUT2D eigenvalue weighted by Gasteiger charge is -2.28. The monoisotopic (exact) mass is 262 g/mol. The molecule has 2 rings (SSSR count). The highest BCUT2D eigenvalue weighted by Gasteiger charge is 2.13. The van der Waals surface area contributed by atoms with Crippen molar-refractivity contribution in [2.24, 2.45) is 0 Å². The summed E-state index contributed by atoms with van der Waals surface area (Å²) in [6, 6.07) is 2.02. The molecule has 5 heteroatoms. The van der Waals surface area contributed by atoms with E-state index in [1.165, 1.54) is 19.3 Å². The van der Waals surface area contributed by atoms with Gasteiger partial charge in [-0.2, -0.15) is 0 Å². The summed E-state index contributed by atoms with van der Waals surface area (Å²) in [6.07, 6.45) is 4.25. The molecule has 0 aliphatic carbocycles. The SMILES string of the molecule is CCC(=O)NCc1nc(C)cc(N2CCCCC2)n1. The Labute approximate surface area is 114 Å². The Bertz CT molecular complexity index is 441. The maximum absolute atomic E-state index is 11.3. The lowest BCUT2D eigenvalue weighted by atomic mass is 10.1. The van der Waals surface area contributed by atoms with Crippen LogP contribution in [-0.4, -0.2) is 29.0 Å². The van der Waals surface area contributed by atoms with Crippen LogP contribution in [0.4, 0.5) is 5.82 Å². The van der Waals surface area contributed by atoms with E-state index >= 15 is 0 Å². The van der Waals surface area contributed by atoms with Crippen LogP contribution in [0.15, 0.2) is 6.07 Å². The van der Waals surface area contributed by atoms with E-state index in [1.54, 1.807) is 0 Å². The van der Waals surface area contributed by atoms with Crippen LogP contribution in [0.5, 0.6) is 0 Å². The van der Waals surface area contributed by atoms with E-state index in [9.17, 15) is 4.79 Å². The van der Waals surface area contributed by atoms with Gasteiger partial charge in [-0.3, -0.25) is 4.79 Å². The summed E-state index contributed by atoms with van der Waals surface area (Å²) < 4.78 is 0. The summed E-state index contributed by atoms with van der Waals surface area (Å²) in [5.41, 5.74) is 0.955. The van der Waals surface area contributed by atoms with Crippen LogP contribution in [0.3, 0.4) is 0 Å². The van der Waals surface area contributed by atoms with Gasteiger partial charge in [0.05, 0.1) is 6.54 Å². The maximum Gasteiger partial charge on any atom is 0.220 e. The van der Waals surface area contributed by atoms with Crippen molar-refractivity contribution in [2.75, 3.05) is 18.0 Å². The zero-order valence-electron chi connectivity index (χ0n) is 11.8. The second kappa shape index (κ2) is 6.50. The number of hydrogen-bond donors (Lipinski definition) is 1. The molecule has 2 heterocycles. The molecule has 0 bridgehead atoms. The quantitative estimate of drug-likeness (QED) is 0.899. The second-order valence-electron chi connectivity index (χ2n) is 4.96. The Morgan fingerprint density at radius 3 is 2.74 bits per heavy atom. The van der Waals surface area contributed by atoms with E-state index in [0.29, 0.717) is 18.8 Å². The predicted octanol–water partition coefficient (Wildman–Crippen LogP) is 1.80. The minimum atomic E-state index is 0.0321. The van der Waals surface area contributed by atoms with Crippen molar-refractivity contribution >= 4 is 11.7 Å². The summed E-state index contributed by atoms with van der Waals surface area (Å²) in [4.78, 5) is 22.5. The molecule has 1 saturated heterocycles. The first-order chi connectivity index (χ1) is 9.19. The molecule has 1 fully saturated rings. The molecule has 0 saturated carbocycles. The number of piperidine rings is 1. The summed E-state index contributed by atoms with van der Waals surface area (Å²) in [6.45, 7) is 6.36. The Morgan fingerprint density at radius 1 is 1.32 bits per heavy atom.